The van der Waals surface area contributed by atoms with Gasteiger partial charge < -0.3 is 5.32 Å². The first kappa shape index (κ1) is 10.9. The van der Waals surface area contributed by atoms with Gasteiger partial charge in [0.2, 0.25) is 11.8 Å². The van der Waals surface area contributed by atoms with E-state index in [1.165, 1.54) is 0 Å². The third-order valence-electron chi connectivity index (χ3n) is 0.865. The van der Waals surface area contributed by atoms with Gasteiger partial charge in [0.1, 0.15) is 0 Å². The molecule has 0 radical (unpaired) electrons. The van der Waals surface area contributed by atoms with Crippen LogP contribution < -0.4 is 5.32 Å². The van der Waals surface area contributed by atoms with Gasteiger partial charge in [-0.3, -0.25) is 9.59 Å². The lowest BCUT2D eigenvalue weighted by molar-refractivity contribution is -0.118. The lowest BCUT2D eigenvalue weighted by atomic mass is 10.5. The Balaban J connectivity index is 3.68. The fourth-order valence-electron chi connectivity index (χ4n) is 0.447. The number of carbonyl (C=O) groups is 2. The maximum absolute atomic E-state index is 10.5. The zero-order valence-electron chi connectivity index (χ0n) is 6.41. The molecule has 0 saturated carbocycles. The normalized spacial score (nSPS) is 8.00. The van der Waals surface area contributed by atoms with Crippen molar-refractivity contribution in [3.63, 3.8) is 0 Å². The van der Waals surface area contributed by atoms with Crippen LogP contribution in [0.2, 0.25) is 0 Å². The first-order valence-electron chi connectivity index (χ1n) is 3.07. The molecule has 9 nitrogen and oxygen atoms in total. The maximum Gasteiger partial charge on any atom is 0.232 e. The van der Waals surface area contributed by atoms with Crippen LogP contribution in [-0.4, -0.2) is 24.9 Å². The molecule has 0 rings (SSSR count). The van der Waals surface area contributed by atoms with E-state index in [1.54, 1.807) is 0 Å². The maximum atomic E-state index is 10.5. The summed E-state index contributed by atoms with van der Waals surface area (Å²) < 4.78 is 0. The van der Waals surface area contributed by atoms with Crippen LogP contribution in [0.1, 0.15) is 0 Å². The highest BCUT2D eigenvalue weighted by Gasteiger charge is 1.99. The Bertz CT molecular complexity index is 268. The van der Waals surface area contributed by atoms with Crippen molar-refractivity contribution in [2.75, 3.05) is 13.1 Å². The summed E-state index contributed by atoms with van der Waals surface area (Å²) in [5.74, 6) is -1.48. The van der Waals surface area contributed by atoms with Gasteiger partial charge in [-0.15, -0.1) is 0 Å². The quantitative estimate of drug-likeness (QED) is 0.378. The Hall–Kier alpha value is -2.08. The largest absolute Gasteiger partial charge is 0.303 e. The molecule has 2 amide bonds. The molecule has 0 aromatic rings. The Morgan fingerprint density at radius 2 is 1.46 bits per heavy atom. The smallest absolute Gasteiger partial charge is 0.232 e. The number of carbonyl (C=O) groups excluding carboxylic acids is 2. The molecular weight excluding hydrogens is 178 g/mol. The van der Waals surface area contributed by atoms with Crippen LogP contribution in [0.5, 0.6) is 0 Å². The average molecular weight is 183 g/mol. The van der Waals surface area contributed by atoms with Gasteiger partial charge in [0.15, 0.2) is 0 Å². The monoisotopic (exact) mass is 183 g/mol. The van der Waals surface area contributed by atoms with E-state index < -0.39 is 11.8 Å². The molecule has 9 heteroatoms. The summed E-state index contributed by atoms with van der Waals surface area (Å²) in [7, 11) is 0. The predicted molar refractivity (Wildman–Crippen MR) is 41.2 cm³/mol. The molecule has 0 aliphatic heterocycles. The topological polar surface area (TPSA) is 144 Å². The minimum Gasteiger partial charge on any atom is -0.303 e. The molecule has 0 aliphatic carbocycles. The highest BCUT2D eigenvalue weighted by atomic mass is 16.2. The molecule has 0 aliphatic rings. The SMILES string of the molecule is [N-]=[N+]=NC(=O)CNCC(=O)N=[N+]=[N-]. The highest BCUT2D eigenvalue weighted by Crippen LogP contribution is 1.76. The van der Waals surface area contributed by atoms with Crippen LogP contribution in [0.25, 0.3) is 20.9 Å². The summed E-state index contributed by atoms with van der Waals surface area (Å²) in [6.07, 6.45) is 0. The van der Waals surface area contributed by atoms with Gasteiger partial charge in [-0.25, -0.2) is 0 Å². The summed E-state index contributed by atoms with van der Waals surface area (Å²) in [5, 5.41) is 7.79. The number of azide groups is 2. The number of hydrogen-bond acceptors (Lipinski definition) is 3. The number of hydrogen-bond donors (Lipinski definition) is 1. The molecule has 68 valence electrons. The van der Waals surface area contributed by atoms with Crippen LogP contribution >= 0.6 is 0 Å². The Morgan fingerprint density at radius 3 is 1.77 bits per heavy atom. The predicted octanol–water partition coefficient (Wildman–Crippen LogP) is 0.250. The van der Waals surface area contributed by atoms with Crippen LogP contribution in [0.15, 0.2) is 10.2 Å². The molecule has 0 aromatic carbocycles. The number of amides is 2. The molecular formula is C4H5N7O2. The van der Waals surface area contributed by atoms with E-state index in [0.717, 1.165) is 0 Å². The van der Waals surface area contributed by atoms with Crippen molar-refractivity contribution in [1.82, 2.24) is 5.32 Å². The molecule has 0 spiro atoms. The van der Waals surface area contributed by atoms with E-state index >= 15 is 0 Å². The van der Waals surface area contributed by atoms with Crippen molar-refractivity contribution in [1.29, 1.82) is 0 Å². The van der Waals surface area contributed by atoms with Gasteiger partial charge in [0.25, 0.3) is 0 Å². The lowest BCUT2D eigenvalue weighted by Crippen LogP contribution is -2.26. The summed E-state index contributed by atoms with van der Waals surface area (Å²) in [5.41, 5.74) is 15.6. The molecule has 0 fully saturated rings. The molecule has 0 aromatic heterocycles. The van der Waals surface area contributed by atoms with Crippen molar-refractivity contribution >= 4 is 11.8 Å². The number of nitrogens with one attached hydrogen (secondary N) is 1. The highest BCUT2D eigenvalue weighted by molar-refractivity contribution is 5.81. The average Bonchev–Trinajstić information content (AvgIpc) is 2.05. The van der Waals surface area contributed by atoms with E-state index in [0.29, 0.717) is 0 Å². The van der Waals surface area contributed by atoms with Gasteiger partial charge in [-0.1, -0.05) is 0 Å². The minimum atomic E-state index is -0.740. The van der Waals surface area contributed by atoms with Crippen LogP contribution in [0, 0.1) is 0 Å². The first-order valence-corrected chi connectivity index (χ1v) is 3.07. The first-order chi connectivity index (χ1) is 6.20. The summed E-state index contributed by atoms with van der Waals surface area (Å²) >= 11 is 0. The van der Waals surface area contributed by atoms with Crippen LogP contribution in [-0.2, 0) is 9.59 Å². The fraction of sp³-hybridized carbons (Fsp3) is 0.500. The van der Waals surface area contributed by atoms with Gasteiger partial charge in [0.05, 0.1) is 13.1 Å². The second kappa shape index (κ2) is 6.62. The number of rotatable bonds is 4. The molecule has 0 saturated heterocycles. The fourth-order valence-corrected chi connectivity index (χ4v) is 0.447. The van der Waals surface area contributed by atoms with Crippen molar-refractivity contribution in [3.05, 3.63) is 20.9 Å². The zero-order chi connectivity index (χ0) is 10.1. The van der Waals surface area contributed by atoms with E-state index in [9.17, 15) is 9.59 Å². The molecule has 0 unspecified atom stereocenters. The van der Waals surface area contributed by atoms with Gasteiger partial charge >= 0.3 is 0 Å². The second-order valence-corrected chi connectivity index (χ2v) is 1.77. The molecule has 1 N–H and O–H groups in total. The molecule has 0 heterocycles. The van der Waals surface area contributed by atoms with E-state index in [2.05, 4.69) is 25.4 Å². The van der Waals surface area contributed by atoms with Gasteiger partial charge in [-0.05, 0) is 21.3 Å². The van der Waals surface area contributed by atoms with Crippen molar-refractivity contribution in [3.8, 4) is 0 Å². The van der Waals surface area contributed by atoms with Crippen molar-refractivity contribution in [2.45, 2.75) is 0 Å². The standard InChI is InChI=1S/C4H5N7O2/c5-10-8-3(12)1-7-2-4(13)9-11-6/h7H,1-2H2. The van der Waals surface area contributed by atoms with Gasteiger partial charge in [0, 0.05) is 9.82 Å². The Labute approximate surface area is 72.0 Å². The molecule has 13 heavy (non-hydrogen) atoms. The van der Waals surface area contributed by atoms with Crippen molar-refractivity contribution in [2.24, 2.45) is 10.2 Å². The van der Waals surface area contributed by atoms with Crippen molar-refractivity contribution < 1.29 is 9.59 Å². The second-order valence-electron chi connectivity index (χ2n) is 1.77. The summed E-state index contributed by atoms with van der Waals surface area (Å²) in [4.78, 5) is 25.4. The lowest BCUT2D eigenvalue weighted by Gasteiger charge is -1.95. The van der Waals surface area contributed by atoms with Gasteiger partial charge in [-0.2, -0.15) is 0 Å². The summed E-state index contributed by atoms with van der Waals surface area (Å²) in [6.45, 7) is -0.534. The van der Waals surface area contributed by atoms with E-state index in [4.69, 9.17) is 11.1 Å². The zero-order valence-corrected chi connectivity index (χ0v) is 6.41. The molecule has 0 atom stereocenters. The number of nitrogens with zero attached hydrogens (tertiary/aromatic N) is 6. The Morgan fingerprint density at radius 1 is 1.08 bits per heavy atom. The third kappa shape index (κ3) is 6.32. The molecule has 0 bridgehead atoms. The minimum absolute atomic E-state index is 0.267. The Kier molecular flexibility index (Phi) is 5.56. The van der Waals surface area contributed by atoms with E-state index in [-0.39, 0.29) is 13.1 Å². The third-order valence-corrected chi connectivity index (χ3v) is 0.865. The van der Waals surface area contributed by atoms with E-state index in [1.807, 2.05) is 0 Å². The van der Waals surface area contributed by atoms with Crippen LogP contribution in [0.4, 0.5) is 0 Å². The summed E-state index contributed by atoms with van der Waals surface area (Å²) in [6, 6.07) is 0. The van der Waals surface area contributed by atoms with Crippen LogP contribution in [0.3, 0.4) is 0 Å².